The van der Waals surface area contributed by atoms with Gasteiger partial charge in [0.2, 0.25) is 10.0 Å². The Morgan fingerprint density at radius 1 is 1.15 bits per heavy atom. The largest absolute Gasteiger partial charge is 0.489 e. The maximum absolute atomic E-state index is 12.1. The Kier molecular flexibility index (Phi) is 5.34. The lowest BCUT2D eigenvalue weighted by atomic mass is 10.1. The van der Waals surface area contributed by atoms with Crippen molar-refractivity contribution in [2.45, 2.75) is 58.4 Å². The van der Waals surface area contributed by atoms with Gasteiger partial charge in [-0.05, 0) is 69.9 Å². The van der Waals surface area contributed by atoms with Crippen molar-refractivity contribution >= 4 is 10.0 Å². The van der Waals surface area contributed by atoms with E-state index in [0.29, 0.717) is 13.0 Å². The van der Waals surface area contributed by atoms with Gasteiger partial charge in [0.1, 0.15) is 12.4 Å². The van der Waals surface area contributed by atoms with E-state index in [1.165, 1.54) is 5.56 Å². The number of aromatic nitrogens is 1. The second-order valence-corrected chi connectivity index (χ2v) is 9.50. The van der Waals surface area contributed by atoms with Gasteiger partial charge in [-0.1, -0.05) is 12.1 Å². The zero-order valence-corrected chi connectivity index (χ0v) is 16.6. The third-order valence-electron chi connectivity index (χ3n) is 4.79. The quantitative estimate of drug-likeness (QED) is 0.844. The molecule has 2 aromatic rings. The maximum Gasteiger partial charge on any atom is 0.214 e. The van der Waals surface area contributed by atoms with Crippen molar-refractivity contribution < 1.29 is 13.2 Å². The molecule has 1 aromatic carbocycles. The number of nitrogens with one attached hydrogen (secondary N) is 1. The van der Waals surface area contributed by atoms with Crippen molar-refractivity contribution in [3.8, 4) is 5.75 Å². The molecule has 0 amide bonds. The number of rotatable bonds is 6. The first-order chi connectivity index (χ1) is 12.2. The molecule has 140 valence electrons. The zero-order valence-electron chi connectivity index (χ0n) is 15.7. The van der Waals surface area contributed by atoms with Crippen LogP contribution in [0.25, 0.3) is 0 Å². The van der Waals surface area contributed by atoms with Crippen LogP contribution < -0.4 is 9.46 Å². The van der Waals surface area contributed by atoms with Gasteiger partial charge in [-0.2, -0.15) is 0 Å². The molecule has 1 atom stereocenters. The van der Waals surface area contributed by atoms with Gasteiger partial charge in [0.25, 0.3) is 0 Å². The van der Waals surface area contributed by atoms with E-state index < -0.39 is 15.3 Å². The highest BCUT2D eigenvalue weighted by molar-refractivity contribution is 7.90. The molecule has 0 saturated heterocycles. The van der Waals surface area contributed by atoms with Crippen LogP contribution in [0.2, 0.25) is 0 Å². The third-order valence-corrected chi connectivity index (χ3v) is 6.69. The van der Waals surface area contributed by atoms with Crippen molar-refractivity contribution in [1.82, 2.24) is 9.71 Å². The van der Waals surface area contributed by atoms with Gasteiger partial charge in [0.05, 0.1) is 5.25 Å². The smallest absolute Gasteiger partial charge is 0.214 e. The standard InChI is InChI=1S/C20H26N2O3S/c1-13(2)26(23,24)22-19-9-16-7-8-20(11-18(16)10-19)25-12-17-6-5-14(3)21-15(17)4/h5-8,11,13,19,22H,9-10,12H2,1-4H3/t19-/m0/s1. The molecule has 0 fully saturated rings. The predicted molar refractivity (Wildman–Crippen MR) is 103 cm³/mol. The van der Waals surface area contributed by atoms with Gasteiger partial charge in [-0.25, -0.2) is 13.1 Å². The van der Waals surface area contributed by atoms with Crippen molar-refractivity contribution in [3.63, 3.8) is 0 Å². The summed E-state index contributed by atoms with van der Waals surface area (Å²) in [5.41, 5.74) is 5.38. The fourth-order valence-electron chi connectivity index (χ4n) is 3.17. The Hall–Kier alpha value is -1.92. The van der Waals surface area contributed by atoms with Crippen LogP contribution in [0.3, 0.4) is 0 Å². The molecule has 5 nitrogen and oxygen atoms in total. The SMILES string of the molecule is Cc1ccc(COc2ccc3c(c2)C[C@@H](NS(=O)(=O)C(C)C)C3)c(C)n1. The molecule has 1 aliphatic rings. The number of pyridine rings is 1. The lowest BCUT2D eigenvalue weighted by Gasteiger charge is -2.14. The van der Waals surface area contributed by atoms with Crippen molar-refractivity contribution in [3.05, 3.63) is 58.4 Å². The van der Waals surface area contributed by atoms with E-state index in [2.05, 4.69) is 9.71 Å². The first-order valence-corrected chi connectivity index (χ1v) is 10.5. The summed E-state index contributed by atoms with van der Waals surface area (Å²) in [6, 6.07) is 9.97. The monoisotopic (exact) mass is 374 g/mol. The van der Waals surface area contributed by atoms with Crippen LogP contribution in [0, 0.1) is 13.8 Å². The number of aryl methyl sites for hydroxylation is 2. The number of ether oxygens (including phenoxy) is 1. The summed E-state index contributed by atoms with van der Waals surface area (Å²) < 4.78 is 32.9. The number of benzene rings is 1. The minimum absolute atomic E-state index is 0.0730. The van der Waals surface area contributed by atoms with Crippen LogP contribution in [0.5, 0.6) is 5.75 Å². The molecule has 1 aromatic heterocycles. The minimum atomic E-state index is -3.25. The Labute approximate surface area is 155 Å². The number of hydrogen-bond acceptors (Lipinski definition) is 4. The van der Waals surface area contributed by atoms with Gasteiger partial charge in [0.15, 0.2) is 0 Å². The van der Waals surface area contributed by atoms with E-state index in [1.807, 2.05) is 44.2 Å². The molecule has 0 spiro atoms. The first kappa shape index (κ1) is 18.9. The van der Waals surface area contributed by atoms with Crippen molar-refractivity contribution in [1.29, 1.82) is 0 Å². The third kappa shape index (κ3) is 4.24. The highest BCUT2D eigenvalue weighted by Gasteiger charge is 2.27. The second-order valence-electron chi connectivity index (χ2n) is 7.23. The number of hydrogen-bond donors (Lipinski definition) is 1. The molecular formula is C20H26N2O3S. The fraction of sp³-hybridized carbons (Fsp3) is 0.450. The summed E-state index contributed by atoms with van der Waals surface area (Å²) in [6.07, 6.45) is 1.42. The van der Waals surface area contributed by atoms with E-state index in [-0.39, 0.29) is 6.04 Å². The molecule has 0 bridgehead atoms. The van der Waals surface area contributed by atoms with Gasteiger partial charge in [-0.15, -0.1) is 0 Å². The normalized spacial score (nSPS) is 16.7. The van der Waals surface area contributed by atoms with Crippen molar-refractivity contribution in [2.75, 3.05) is 0 Å². The molecular weight excluding hydrogens is 348 g/mol. The van der Waals surface area contributed by atoms with Crippen molar-refractivity contribution in [2.24, 2.45) is 0 Å². The molecule has 3 rings (SSSR count). The van der Waals surface area contributed by atoms with Crippen LogP contribution in [0.4, 0.5) is 0 Å². The molecule has 0 aliphatic heterocycles. The number of nitrogens with zero attached hydrogens (tertiary/aromatic N) is 1. The van der Waals surface area contributed by atoms with Gasteiger partial charge in [0, 0.05) is 23.0 Å². The van der Waals surface area contributed by atoms with Crippen LogP contribution >= 0.6 is 0 Å². The highest BCUT2D eigenvalue weighted by atomic mass is 32.2. The lowest BCUT2D eigenvalue weighted by molar-refractivity contribution is 0.304. The summed E-state index contributed by atoms with van der Waals surface area (Å²) in [5.74, 6) is 0.802. The van der Waals surface area contributed by atoms with Crippen LogP contribution in [-0.2, 0) is 29.5 Å². The van der Waals surface area contributed by atoms with E-state index in [1.54, 1.807) is 13.8 Å². The number of sulfonamides is 1. The summed E-state index contributed by atoms with van der Waals surface area (Å²) in [5, 5.41) is -0.420. The molecule has 1 heterocycles. The second kappa shape index (κ2) is 7.37. The molecule has 0 unspecified atom stereocenters. The topological polar surface area (TPSA) is 68.3 Å². The first-order valence-electron chi connectivity index (χ1n) is 8.93. The van der Waals surface area contributed by atoms with Crippen LogP contribution in [0.1, 0.15) is 41.9 Å². The summed E-state index contributed by atoms with van der Waals surface area (Å²) in [6.45, 7) is 7.82. The Balaban J connectivity index is 1.65. The average molecular weight is 375 g/mol. The van der Waals surface area contributed by atoms with E-state index >= 15 is 0 Å². The Bertz CT molecular complexity index is 907. The number of fused-ring (bicyclic) bond motifs is 1. The Morgan fingerprint density at radius 2 is 1.88 bits per heavy atom. The highest BCUT2D eigenvalue weighted by Crippen LogP contribution is 2.27. The molecule has 26 heavy (non-hydrogen) atoms. The fourth-order valence-corrected chi connectivity index (χ4v) is 4.07. The van der Waals surface area contributed by atoms with E-state index in [9.17, 15) is 8.42 Å². The van der Waals surface area contributed by atoms with Gasteiger partial charge < -0.3 is 4.74 Å². The van der Waals surface area contributed by atoms with Gasteiger partial charge >= 0.3 is 0 Å². The van der Waals surface area contributed by atoms with Crippen LogP contribution in [-0.4, -0.2) is 24.7 Å². The van der Waals surface area contributed by atoms with E-state index in [0.717, 1.165) is 34.7 Å². The predicted octanol–water partition coefficient (Wildman–Crippen LogP) is 3.07. The maximum atomic E-state index is 12.1. The lowest BCUT2D eigenvalue weighted by Crippen LogP contribution is -2.39. The molecule has 6 heteroatoms. The van der Waals surface area contributed by atoms with E-state index in [4.69, 9.17) is 4.74 Å². The van der Waals surface area contributed by atoms with Crippen LogP contribution in [0.15, 0.2) is 30.3 Å². The summed E-state index contributed by atoms with van der Waals surface area (Å²) in [4.78, 5) is 4.46. The average Bonchev–Trinajstić information content (AvgIpc) is 2.94. The summed E-state index contributed by atoms with van der Waals surface area (Å²) >= 11 is 0. The molecule has 0 saturated carbocycles. The minimum Gasteiger partial charge on any atom is -0.489 e. The Morgan fingerprint density at radius 3 is 2.58 bits per heavy atom. The zero-order chi connectivity index (χ0) is 18.9. The summed E-state index contributed by atoms with van der Waals surface area (Å²) in [7, 11) is -3.25. The molecule has 1 N–H and O–H groups in total. The van der Waals surface area contributed by atoms with Gasteiger partial charge in [-0.3, -0.25) is 4.98 Å². The molecule has 1 aliphatic carbocycles. The molecule has 0 radical (unpaired) electrons.